The molecule has 4 aromatic rings. The minimum Gasteiger partial charge on any atom is -0.383 e. The van der Waals surface area contributed by atoms with E-state index < -0.39 is 27.4 Å². The van der Waals surface area contributed by atoms with Gasteiger partial charge in [-0.3, -0.25) is 4.79 Å². The SMILES string of the molecule is COCCN(Cc1cnc(S(=O)(=O)Cc2ccc(F)cc2)n1Cc1ccccc1)C(=O)c1cccc(F)c1. The maximum Gasteiger partial charge on any atom is 0.254 e. The lowest BCUT2D eigenvalue weighted by Crippen LogP contribution is -2.34. The lowest BCUT2D eigenvalue weighted by atomic mass is 10.2. The molecule has 7 nitrogen and oxygen atoms in total. The van der Waals surface area contributed by atoms with Gasteiger partial charge in [0.2, 0.25) is 15.0 Å². The lowest BCUT2D eigenvalue weighted by molar-refractivity contribution is 0.0675. The first kappa shape index (κ1) is 27.2. The van der Waals surface area contributed by atoms with E-state index in [2.05, 4.69) is 4.98 Å². The van der Waals surface area contributed by atoms with Gasteiger partial charge in [0.05, 0.1) is 37.3 Å². The molecule has 0 fully saturated rings. The fourth-order valence-corrected chi connectivity index (χ4v) is 5.51. The third-order valence-corrected chi connectivity index (χ3v) is 7.51. The quantitative estimate of drug-likeness (QED) is 0.281. The van der Waals surface area contributed by atoms with E-state index in [1.807, 2.05) is 30.3 Å². The third-order valence-electron chi connectivity index (χ3n) is 5.91. The normalized spacial score (nSPS) is 11.4. The van der Waals surface area contributed by atoms with E-state index in [1.165, 1.54) is 60.7 Å². The number of nitrogens with zero attached hydrogens (tertiary/aromatic N) is 3. The summed E-state index contributed by atoms with van der Waals surface area (Å²) in [5.74, 6) is -1.79. The monoisotopic (exact) mass is 539 g/mol. The molecule has 0 bridgehead atoms. The van der Waals surface area contributed by atoms with Crippen LogP contribution < -0.4 is 0 Å². The fraction of sp³-hybridized carbons (Fsp3) is 0.214. The van der Waals surface area contributed by atoms with Gasteiger partial charge in [0, 0.05) is 19.2 Å². The highest BCUT2D eigenvalue weighted by Crippen LogP contribution is 2.21. The molecule has 4 rings (SSSR count). The van der Waals surface area contributed by atoms with Gasteiger partial charge in [-0.1, -0.05) is 48.5 Å². The zero-order valence-electron chi connectivity index (χ0n) is 20.8. The van der Waals surface area contributed by atoms with E-state index in [1.54, 1.807) is 4.57 Å². The van der Waals surface area contributed by atoms with Gasteiger partial charge >= 0.3 is 0 Å². The minimum absolute atomic E-state index is 0.0185. The van der Waals surface area contributed by atoms with Crippen LogP contribution in [0.3, 0.4) is 0 Å². The number of sulfone groups is 1. The van der Waals surface area contributed by atoms with Crippen molar-refractivity contribution in [3.63, 3.8) is 0 Å². The molecule has 198 valence electrons. The Balaban J connectivity index is 1.71. The Morgan fingerprint density at radius 3 is 2.37 bits per heavy atom. The Bertz CT molecular complexity index is 1490. The molecule has 0 saturated heterocycles. The summed E-state index contributed by atoms with van der Waals surface area (Å²) in [5, 5.41) is -0.162. The van der Waals surface area contributed by atoms with Crippen LogP contribution in [-0.2, 0) is 33.4 Å². The molecule has 0 atom stereocenters. The fourth-order valence-electron chi connectivity index (χ4n) is 4.02. The van der Waals surface area contributed by atoms with Crippen molar-refractivity contribution in [2.45, 2.75) is 24.0 Å². The Labute approximate surface area is 220 Å². The number of benzene rings is 3. The van der Waals surface area contributed by atoms with E-state index in [0.29, 0.717) is 11.3 Å². The summed E-state index contributed by atoms with van der Waals surface area (Å²) in [7, 11) is -2.43. The number of carbonyl (C=O) groups excluding carboxylic acids is 1. The maximum atomic E-state index is 13.8. The zero-order chi connectivity index (χ0) is 27.1. The molecule has 1 amide bonds. The number of ether oxygens (including phenoxy) is 1. The molecule has 0 unspecified atom stereocenters. The Hall–Kier alpha value is -3.89. The summed E-state index contributed by atoms with van der Waals surface area (Å²) in [4.78, 5) is 19.0. The molecule has 38 heavy (non-hydrogen) atoms. The highest BCUT2D eigenvalue weighted by atomic mass is 32.2. The number of amides is 1. The largest absolute Gasteiger partial charge is 0.383 e. The number of hydrogen-bond acceptors (Lipinski definition) is 5. The molecule has 0 saturated carbocycles. The van der Waals surface area contributed by atoms with Crippen molar-refractivity contribution < 1.29 is 26.7 Å². The maximum absolute atomic E-state index is 13.8. The van der Waals surface area contributed by atoms with Gasteiger partial charge in [0.15, 0.2) is 0 Å². The van der Waals surface area contributed by atoms with Crippen molar-refractivity contribution in [2.24, 2.45) is 0 Å². The molecule has 0 radical (unpaired) electrons. The van der Waals surface area contributed by atoms with Crippen LogP contribution in [0.1, 0.15) is 27.2 Å². The number of carbonyl (C=O) groups is 1. The van der Waals surface area contributed by atoms with Crippen LogP contribution in [0, 0.1) is 11.6 Å². The highest BCUT2D eigenvalue weighted by Gasteiger charge is 2.26. The summed E-state index contributed by atoms with van der Waals surface area (Å²) >= 11 is 0. The third kappa shape index (κ3) is 6.70. The van der Waals surface area contributed by atoms with Crippen LogP contribution in [-0.4, -0.2) is 49.0 Å². The van der Waals surface area contributed by atoms with E-state index in [0.717, 1.165) is 11.6 Å². The second-order valence-electron chi connectivity index (χ2n) is 8.72. The van der Waals surface area contributed by atoms with Gasteiger partial charge < -0.3 is 14.2 Å². The topological polar surface area (TPSA) is 81.5 Å². The molecule has 1 aromatic heterocycles. The zero-order valence-corrected chi connectivity index (χ0v) is 21.6. The van der Waals surface area contributed by atoms with Crippen LogP contribution in [0.2, 0.25) is 0 Å². The van der Waals surface area contributed by atoms with Crippen LogP contribution in [0.25, 0.3) is 0 Å². The number of rotatable bonds is 11. The van der Waals surface area contributed by atoms with Gasteiger partial charge in [0.25, 0.3) is 5.91 Å². The smallest absolute Gasteiger partial charge is 0.254 e. The predicted octanol–water partition coefficient (Wildman–Crippen LogP) is 4.47. The summed E-state index contributed by atoms with van der Waals surface area (Å²) in [6, 6.07) is 19.9. The van der Waals surface area contributed by atoms with Crippen molar-refractivity contribution in [3.05, 3.63) is 119 Å². The van der Waals surface area contributed by atoms with Crippen molar-refractivity contribution in [1.29, 1.82) is 0 Å². The van der Waals surface area contributed by atoms with Crippen molar-refractivity contribution in [3.8, 4) is 0 Å². The van der Waals surface area contributed by atoms with Crippen LogP contribution in [0.5, 0.6) is 0 Å². The van der Waals surface area contributed by atoms with E-state index in [9.17, 15) is 22.0 Å². The summed E-state index contributed by atoms with van der Waals surface area (Å²) in [5.41, 5.74) is 1.90. The second kappa shape index (κ2) is 12.1. The van der Waals surface area contributed by atoms with Gasteiger partial charge in [-0.25, -0.2) is 22.2 Å². The molecule has 0 aliphatic rings. The minimum atomic E-state index is -3.94. The Morgan fingerprint density at radius 1 is 0.947 bits per heavy atom. The van der Waals surface area contributed by atoms with E-state index in [4.69, 9.17) is 4.74 Å². The van der Waals surface area contributed by atoms with E-state index >= 15 is 0 Å². The average molecular weight is 540 g/mol. The molecule has 10 heteroatoms. The van der Waals surface area contributed by atoms with Crippen LogP contribution in [0.15, 0.2) is 90.2 Å². The van der Waals surface area contributed by atoms with Gasteiger partial charge in [-0.2, -0.15) is 0 Å². The molecule has 0 N–H and O–H groups in total. The van der Waals surface area contributed by atoms with Gasteiger partial charge in [-0.05, 0) is 41.5 Å². The Morgan fingerprint density at radius 2 is 1.68 bits per heavy atom. The van der Waals surface area contributed by atoms with Crippen molar-refractivity contribution in [1.82, 2.24) is 14.5 Å². The average Bonchev–Trinajstić information content (AvgIpc) is 3.30. The highest BCUT2D eigenvalue weighted by molar-refractivity contribution is 7.90. The first-order valence-corrected chi connectivity index (χ1v) is 13.5. The van der Waals surface area contributed by atoms with Crippen LogP contribution >= 0.6 is 0 Å². The first-order chi connectivity index (χ1) is 18.3. The van der Waals surface area contributed by atoms with Gasteiger partial charge in [0.1, 0.15) is 11.6 Å². The number of imidazole rings is 1. The standard InChI is InChI=1S/C28H27F2N3O4S/c1-37-15-14-32(27(34)23-8-5-9-25(30)16-23)19-26-17-31-28(33(26)18-21-6-3-2-4-7-21)38(35,36)20-22-10-12-24(29)13-11-22/h2-13,16-17H,14-15,18-20H2,1H3. The molecule has 0 spiro atoms. The molecule has 1 heterocycles. The lowest BCUT2D eigenvalue weighted by Gasteiger charge is -2.23. The number of methoxy groups -OCH3 is 1. The number of aromatic nitrogens is 2. The summed E-state index contributed by atoms with van der Waals surface area (Å²) in [6.45, 7) is 0.634. The van der Waals surface area contributed by atoms with Crippen molar-refractivity contribution in [2.75, 3.05) is 20.3 Å². The molecular weight excluding hydrogens is 512 g/mol. The molecule has 0 aliphatic carbocycles. The first-order valence-electron chi connectivity index (χ1n) is 11.9. The number of hydrogen-bond donors (Lipinski definition) is 0. The Kier molecular flexibility index (Phi) is 8.65. The van der Waals surface area contributed by atoms with E-state index in [-0.39, 0.29) is 42.7 Å². The van der Waals surface area contributed by atoms with Crippen molar-refractivity contribution >= 4 is 15.7 Å². The number of halogens is 2. The summed E-state index contributed by atoms with van der Waals surface area (Å²) in [6.07, 6.45) is 1.43. The predicted molar refractivity (Wildman–Crippen MR) is 138 cm³/mol. The van der Waals surface area contributed by atoms with Gasteiger partial charge in [-0.15, -0.1) is 0 Å². The molecule has 0 aliphatic heterocycles. The second-order valence-corrected chi connectivity index (χ2v) is 10.6. The van der Waals surface area contributed by atoms with Crippen LogP contribution in [0.4, 0.5) is 8.78 Å². The molecular formula is C28H27F2N3O4S. The molecule has 3 aromatic carbocycles. The summed E-state index contributed by atoms with van der Waals surface area (Å²) < 4.78 is 60.8.